The van der Waals surface area contributed by atoms with Gasteiger partial charge in [0.1, 0.15) is 5.75 Å². The molecular formula is C11H16N2O4. The molecule has 1 amide bonds. The average Bonchev–Trinajstić information content (AvgIpc) is 2.29. The minimum atomic E-state index is -0.775. The predicted molar refractivity (Wildman–Crippen MR) is 62.7 cm³/mol. The molecule has 0 saturated heterocycles. The standard InChI is InChI=1S/C11H16N2O4/c1-17-6-8(15)5-13-11(16)9-4-7(14)2-3-10(9)12/h2-4,8,14-15H,5-6,12H2,1H3,(H,13,16). The van der Waals surface area contributed by atoms with Crippen LogP contribution in [0.2, 0.25) is 0 Å². The number of aromatic hydroxyl groups is 1. The number of benzene rings is 1. The summed E-state index contributed by atoms with van der Waals surface area (Å²) in [6.45, 7) is 0.192. The lowest BCUT2D eigenvalue weighted by atomic mass is 10.1. The first-order valence-electron chi connectivity index (χ1n) is 5.08. The predicted octanol–water partition coefficient (Wildman–Crippen LogP) is -0.289. The highest BCUT2D eigenvalue weighted by molar-refractivity contribution is 5.99. The van der Waals surface area contributed by atoms with Crippen molar-refractivity contribution in [3.05, 3.63) is 23.8 Å². The second-order valence-corrected chi connectivity index (χ2v) is 3.59. The summed E-state index contributed by atoms with van der Waals surface area (Å²) >= 11 is 0. The van der Waals surface area contributed by atoms with Crippen LogP contribution in [0.1, 0.15) is 10.4 Å². The largest absolute Gasteiger partial charge is 0.508 e. The molecule has 0 radical (unpaired) electrons. The number of rotatable bonds is 5. The highest BCUT2D eigenvalue weighted by Crippen LogP contribution is 2.18. The molecule has 0 saturated carbocycles. The van der Waals surface area contributed by atoms with Crippen LogP contribution in [0.5, 0.6) is 5.75 Å². The van der Waals surface area contributed by atoms with Gasteiger partial charge in [0.2, 0.25) is 0 Å². The number of anilines is 1. The number of amides is 1. The van der Waals surface area contributed by atoms with Gasteiger partial charge in [0.05, 0.1) is 18.3 Å². The molecule has 1 rings (SSSR count). The van der Waals surface area contributed by atoms with Crippen LogP contribution >= 0.6 is 0 Å². The third-order valence-electron chi connectivity index (χ3n) is 2.14. The number of nitrogens with two attached hydrogens (primary N) is 1. The van der Waals surface area contributed by atoms with Crippen LogP contribution in [0, 0.1) is 0 Å². The Kier molecular flexibility index (Phi) is 4.74. The van der Waals surface area contributed by atoms with E-state index in [0.29, 0.717) is 0 Å². The first kappa shape index (κ1) is 13.3. The molecule has 0 bridgehead atoms. The number of hydrogen-bond donors (Lipinski definition) is 4. The van der Waals surface area contributed by atoms with E-state index in [1.165, 1.54) is 25.3 Å². The Morgan fingerprint density at radius 3 is 2.94 bits per heavy atom. The van der Waals surface area contributed by atoms with Crippen molar-refractivity contribution in [3.8, 4) is 5.75 Å². The average molecular weight is 240 g/mol. The van der Waals surface area contributed by atoms with Gasteiger partial charge in [0.15, 0.2) is 0 Å². The molecule has 6 heteroatoms. The Morgan fingerprint density at radius 2 is 2.29 bits per heavy atom. The van der Waals surface area contributed by atoms with Gasteiger partial charge in [-0.3, -0.25) is 4.79 Å². The number of phenols is 1. The van der Waals surface area contributed by atoms with Gasteiger partial charge in [-0.1, -0.05) is 0 Å². The highest BCUT2D eigenvalue weighted by atomic mass is 16.5. The van der Waals surface area contributed by atoms with Crippen LogP contribution in [0.25, 0.3) is 0 Å². The molecule has 0 aliphatic rings. The Hall–Kier alpha value is -1.79. The maximum Gasteiger partial charge on any atom is 0.253 e. The van der Waals surface area contributed by atoms with E-state index in [1.54, 1.807) is 0 Å². The van der Waals surface area contributed by atoms with E-state index in [1.807, 2.05) is 0 Å². The summed E-state index contributed by atoms with van der Waals surface area (Å²) in [7, 11) is 1.46. The minimum Gasteiger partial charge on any atom is -0.508 e. The molecule has 5 N–H and O–H groups in total. The van der Waals surface area contributed by atoms with E-state index in [-0.39, 0.29) is 30.2 Å². The molecular weight excluding hydrogens is 224 g/mol. The zero-order chi connectivity index (χ0) is 12.8. The number of ether oxygens (including phenoxy) is 1. The van der Waals surface area contributed by atoms with Crippen molar-refractivity contribution in [1.82, 2.24) is 5.32 Å². The van der Waals surface area contributed by atoms with Gasteiger partial charge in [-0.2, -0.15) is 0 Å². The van der Waals surface area contributed by atoms with Gasteiger partial charge in [0, 0.05) is 19.3 Å². The fourth-order valence-corrected chi connectivity index (χ4v) is 1.30. The van der Waals surface area contributed by atoms with Crippen LogP contribution in [0.15, 0.2) is 18.2 Å². The Morgan fingerprint density at radius 1 is 1.59 bits per heavy atom. The first-order chi connectivity index (χ1) is 8.04. The fourth-order valence-electron chi connectivity index (χ4n) is 1.30. The van der Waals surface area contributed by atoms with Gasteiger partial charge in [-0.05, 0) is 18.2 Å². The van der Waals surface area contributed by atoms with Crippen molar-refractivity contribution in [2.45, 2.75) is 6.10 Å². The molecule has 6 nitrogen and oxygen atoms in total. The lowest BCUT2D eigenvalue weighted by Crippen LogP contribution is -2.34. The monoisotopic (exact) mass is 240 g/mol. The second kappa shape index (κ2) is 6.07. The van der Waals surface area contributed by atoms with Crippen molar-refractivity contribution in [1.29, 1.82) is 0 Å². The number of aliphatic hydroxyl groups excluding tert-OH is 1. The molecule has 17 heavy (non-hydrogen) atoms. The number of phenolic OH excluding ortho intramolecular Hbond substituents is 1. The van der Waals surface area contributed by atoms with Crippen LogP contribution in [0.4, 0.5) is 5.69 Å². The van der Waals surface area contributed by atoms with E-state index in [0.717, 1.165) is 0 Å². The molecule has 1 aromatic rings. The number of nitrogen functional groups attached to an aromatic ring is 1. The molecule has 0 aromatic heterocycles. The zero-order valence-electron chi connectivity index (χ0n) is 9.51. The maximum absolute atomic E-state index is 11.7. The number of nitrogens with one attached hydrogen (secondary N) is 1. The van der Waals surface area contributed by atoms with Crippen LogP contribution in [-0.2, 0) is 4.74 Å². The van der Waals surface area contributed by atoms with Crippen molar-refractivity contribution < 1.29 is 19.7 Å². The molecule has 1 atom stereocenters. The Bertz CT molecular complexity index is 395. The van der Waals surface area contributed by atoms with Crippen LogP contribution in [-0.4, -0.2) is 42.5 Å². The van der Waals surface area contributed by atoms with Gasteiger partial charge >= 0.3 is 0 Å². The molecule has 0 heterocycles. The lowest BCUT2D eigenvalue weighted by molar-refractivity contribution is 0.0610. The number of carbonyl (C=O) groups excluding carboxylic acids is 1. The van der Waals surface area contributed by atoms with E-state index >= 15 is 0 Å². The Balaban J connectivity index is 2.61. The summed E-state index contributed by atoms with van der Waals surface area (Å²) in [5.41, 5.74) is 6.04. The van der Waals surface area contributed by atoms with E-state index in [2.05, 4.69) is 5.32 Å². The molecule has 94 valence electrons. The van der Waals surface area contributed by atoms with E-state index in [4.69, 9.17) is 10.5 Å². The van der Waals surface area contributed by atoms with Gasteiger partial charge in [-0.15, -0.1) is 0 Å². The van der Waals surface area contributed by atoms with Crippen molar-refractivity contribution in [2.24, 2.45) is 0 Å². The lowest BCUT2D eigenvalue weighted by Gasteiger charge is -2.11. The SMILES string of the molecule is COCC(O)CNC(=O)c1cc(O)ccc1N. The topological polar surface area (TPSA) is 105 Å². The number of methoxy groups -OCH3 is 1. The third kappa shape index (κ3) is 3.93. The summed E-state index contributed by atoms with van der Waals surface area (Å²) in [5.74, 6) is -0.490. The van der Waals surface area contributed by atoms with Gasteiger partial charge < -0.3 is 26.0 Å². The molecule has 0 aliphatic heterocycles. The summed E-state index contributed by atoms with van der Waals surface area (Å²) < 4.78 is 4.72. The molecule has 1 aromatic carbocycles. The van der Waals surface area contributed by atoms with E-state index < -0.39 is 12.0 Å². The fraction of sp³-hybridized carbons (Fsp3) is 0.364. The zero-order valence-corrected chi connectivity index (χ0v) is 9.51. The number of aliphatic hydroxyl groups is 1. The maximum atomic E-state index is 11.7. The van der Waals surface area contributed by atoms with Crippen molar-refractivity contribution in [2.75, 3.05) is 26.0 Å². The molecule has 1 unspecified atom stereocenters. The van der Waals surface area contributed by atoms with Gasteiger partial charge in [0.25, 0.3) is 5.91 Å². The molecule has 0 spiro atoms. The van der Waals surface area contributed by atoms with Crippen LogP contribution < -0.4 is 11.1 Å². The molecule has 0 fully saturated rings. The quantitative estimate of drug-likeness (QED) is 0.418. The number of hydrogen-bond acceptors (Lipinski definition) is 5. The Labute approximate surface area is 99.0 Å². The smallest absolute Gasteiger partial charge is 0.253 e. The third-order valence-corrected chi connectivity index (χ3v) is 2.14. The first-order valence-corrected chi connectivity index (χ1v) is 5.08. The summed E-state index contributed by atoms with van der Waals surface area (Å²) in [5, 5.41) is 21.1. The highest BCUT2D eigenvalue weighted by Gasteiger charge is 2.12. The summed E-state index contributed by atoms with van der Waals surface area (Å²) in [6, 6.07) is 4.11. The van der Waals surface area contributed by atoms with Crippen molar-refractivity contribution in [3.63, 3.8) is 0 Å². The van der Waals surface area contributed by atoms with Crippen molar-refractivity contribution >= 4 is 11.6 Å². The van der Waals surface area contributed by atoms with Gasteiger partial charge in [-0.25, -0.2) is 0 Å². The summed E-state index contributed by atoms with van der Waals surface area (Å²) in [4.78, 5) is 11.7. The normalized spacial score (nSPS) is 12.1. The minimum absolute atomic E-state index is 0.0400. The second-order valence-electron chi connectivity index (χ2n) is 3.59. The summed E-state index contributed by atoms with van der Waals surface area (Å²) in [6.07, 6.45) is -0.775. The molecule has 0 aliphatic carbocycles. The number of carbonyl (C=O) groups is 1. The van der Waals surface area contributed by atoms with Crippen LogP contribution in [0.3, 0.4) is 0 Å². The van der Waals surface area contributed by atoms with E-state index in [9.17, 15) is 15.0 Å².